The second-order valence-corrected chi connectivity index (χ2v) is 5.96. The van der Waals surface area contributed by atoms with Crippen molar-refractivity contribution >= 4 is 23.2 Å². The highest BCUT2D eigenvalue weighted by atomic mass is 35.5. The molecule has 2 aromatic rings. The highest BCUT2D eigenvalue weighted by Crippen LogP contribution is 2.22. The number of carbonyl (C=O) groups excluding carboxylic acids is 1. The molecule has 0 fully saturated rings. The van der Waals surface area contributed by atoms with Crippen LogP contribution in [0.3, 0.4) is 0 Å². The quantitative estimate of drug-likeness (QED) is 0.810. The maximum atomic E-state index is 13.1. The Hall–Kier alpha value is -2.42. The molecule has 1 atom stereocenters. The number of hydrogen-bond acceptors (Lipinski definition) is 3. The van der Waals surface area contributed by atoms with E-state index in [0.29, 0.717) is 10.7 Å². The molecule has 0 aliphatic carbocycles. The molecule has 0 aliphatic rings. The van der Waals surface area contributed by atoms with Crippen molar-refractivity contribution in [2.24, 2.45) is 0 Å². The molecule has 0 saturated carbocycles. The van der Waals surface area contributed by atoms with Crippen LogP contribution in [-0.2, 0) is 4.79 Å². The third kappa shape index (κ3) is 5.28. The second kappa shape index (κ2) is 9.16. The number of nitrogens with zero attached hydrogens (tertiary/aromatic N) is 2. The number of carbonyl (C=O) groups is 1. The summed E-state index contributed by atoms with van der Waals surface area (Å²) in [7, 11) is 0. The number of amides is 1. The summed E-state index contributed by atoms with van der Waals surface area (Å²) in [4.78, 5) is 14.1. The topological polar surface area (TPSA) is 56.1 Å². The molecule has 2 aromatic carbocycles. The zero-order chi connectivity index (χ0) is 18.2. The van der Waals surface area contributed by atoms with Gasteiger partial charge in [-0.3, -0.25) is 4.79 Å². The van der Waals surface area contributed by atoms with E-state index in [0.717, 1.165) is 5.56 Å². The van der Waals surface area contributed by atoms with Gasteiger partial charge in [-0.25, -0.2) is 4.39 Å². The van der Waals surface area contributed by atoms with Gasteiger partial charge in [0.15, 0.2) is 0 Å². The Labute approximate surface area is 151 Å². The SMILES string of the molecule is CC(NCC(=O)N(CCC#N)c1ccc(F)cc1)c1ccccc1Cl. The third-order valence-electron chi connectivity index (χ3n) is 3.82. The summed E-state index contributed by atoms with van der Waals surface area (Å²) in [5.41, 5.74) is 1.47. The maximum Gasteiger partial charge on any atom is 0.240 e. The predicted molar refractivity (Wildman–Crippen MR) is 96.9 cm³/mol. The first-order valence-corrected chi connectivity index (χ1v) is 8.31. The van der Waals surface area contributed by atoms with Crippen molar-refractivity contribution in [3.63, 3.8) is 0 Å². The Bertz CT molecular complexity index is 758. The summed E-state index contributed by atoms with van der Waals surface area (Å²) in [6.45, 7) is 2.25. The summed E-state index contributed by atoms with van der Waals surface area (Å²) in [5, 5.41) is 12.6. The van der Waals surface area contributed by atoms with Crippen molar-refractivity contribution in [3.05, 3.63) is 64.9 Å². The van der Waals surface area contributed by atoms with Crippen molar-refractivity contribution in [3.8, 4) is 6.07 Å². The monoisotopic (exact) mass is 359 g/mol. The molecule has 0 aromatic heterocycles. The van der Waals surface area contributed by atoms with Crippen molar-refractivity contribution in [2.75, 3.05) is 18.0 Å². The predicted octanol–water partition coefficient (Wildman–Crippen LogP) is 4.08. The standard InChI is InChI=1S/C19H19ClFN3O/c1-14(17-5-2-3-6-18(17)20)23-13-19(25)24(12-4-11-22)16-9-7-15(21)8-10-16/h2-3,5-10,14,23H,4,12-13H2,1H3. The lowest BCUT2D eigenvalue weighted by molar-refractivity contribution is -0.117. The van der Waals surface area contributed by atoms with Crippen LogP contribution in [0.4, 0.5) is 10.1 Å². The van der Waals surface area contributed by atoms with E-state index in [2.05, 4.69) is 5.32 Å². The Morgan fingerprint density at radius 2 is 1.96 bits per heavy atom. The van der Waals surface area contributed by atoms with E-state index in [-0.39, 0.29) is 37.3 Å². The van der Waals surface area contributed by atoms with E-state index in [9.17, 15) is 9.18 Å². The normalized spacial score (nSPS) is 11.6. The van der Waals surface area contributed by atoms with Crippen LogP contribution in [-0.4, -0.2) is 19.0 Å². The van der Waals surface area contributed by atoms with Crippen molar-refractivity contribution < 1.29 is 9.18 Å². The Morgan fingerprint density at radius 1 is 1.28 bits per heavy atom. The zero-order valence-electron chi connectivity index (χ0n) is 13.9. The number of nitrogens with one attached hydrogen (secondary N) is 1. The summed E-state index contributed by atoms with van der Waals surface area (Å²) in [6.07, 6.45) is 0.198. The minimum absolute atomic E-state index is 0.0786. The molecular weight excluding hydrogens is 341 g/mol. The largest absolute Gasteiger partial charge is 0.310 e. The molecular formula is C19H19ClFN3O. The fraction of sp³-hybridized carbons (Fsp3) is 0.263. The molecule has 2 rings (SSSR count). The number of nitriles is 1. The second-order valence-electron chi connectivity index (χ2n) is 5.55. The lowest BCUT2D eigenvalue weighted by Gasteiger charge is -2.23. The van der Waals surface area contributed by atoms with Crippen LogP contribution in [0.2, 0.25) is 5.02 Å². The summed E-state index contributed by atoms with van der Waals surface area (Å²) in [6, 6.07) is 15.0. The van der Waals surface area contributed by atoms with Gasteiger partial charge in [-0.2, -0.15) is 5.26 Å². The van der Waals surface area contributed by atoms with Crippen LogP contribution in [0.5, 0.6) is 0 Å². The van der Waals surface area contributed by atoms with Crippen molar-refractivity contribution in [1.82, 2.24) is 5.32 Å². The summed E-state index contributed by atoms with van der Waals surface area (Å²) in [5.74, 6) is -0.567. The molecule has 0 heterocycles. The Balaban J connectivity index is 2.05. The van der Waals surface area contributed by atoms with Gasteiger partial charge in [0.2, 0.25) is 5.91 Å². The first kappa shape index (κ1) is 18.9. The molecule has 0 bridgehead atoms. The number of rotatable bonds is 7. The molecule has 0 aliphatic heterocycles. The van der Waals surface area contributed by atoms with Gasteiger partial charge in [-0.05, 0) is 42.8 Å². The van der Waals surface area contributed by atoms with Crippen LogP contribution in [0.15, 0.2) is 48.5 Å². The van der Waals surface area contributed by atoms with E-state index in [1.807, 2.05) is 31.2 Å². The van der Waals surface area contributed by atoms with E-state index < -0.39 is 0 Å². The molecule has 6 heteroatoms. The zero-order valence-corrected chi connectivity index (χ0v) is 14.6. The average Bonchev–Trinajstić information content (AvgIpc) is 2.61. The molecule has 0 spiro atoms. The number of benzene rings is 2. The molecule has 1 unspecified atom stereocenters. The first-order valence-electron chi connectivity index (χ1n) is 7.93. The Kier molecular flexibility index (Phi) is 6.93. The lowest BCUT2D eigenvalue weighted by atomic mass is 10.1. The van der Waals surface area contributed by atoms with E-state index >= 15 is 0 Å². The van der Waals surface area contributed by atoms with Gasteiger partial charge in [-0.1, -0.05) is 29.8 Å². The van der Waals surface area contributed by atoms with Crippen LogP contribution in [0.1, 0.15) is 24.9 Å². The van der Waals surface area contributed by atoms with Crippen molar-refractivity contribution in [2.45, 2.75) is 19.4 Å². The van der Waals surface area contributed by atoms with E-state index in [1.165, 1.54) is 29.2 Å². The minimum Gasteiger partial charge on any atom is -0.310 e. The summed E-state index contributed by atoms with van der Waals surface area (Å²) < 4.78 is 13.1. The molecule has 25 heavy (non-hydrogen) atoms. The number of halogens is 2. The van der Waals surface area contributed by atoms with E-state index in [1.54, 1.807) is 6.07 Å². The molecule has 0 radical (unpaired) electrons. The molecule has 1 N–H and O–H groups in total. The van der Waals surface area contributed by atoms with Gasteiger partial charge in [0.05, 0.1) is 19.0 Å². The van der Waals surface area contributed by atoms with E-state index in [4.69, 9.17) is 16.9 Å². The van der Waals surface area contributed by atoms with Gasteiger partial charge in [0.1, 0.15) is 5.82 Å². The number of hydrogen-bond donors (Lipinski definition) is 1. The third-order valence-corrected chi connectivity index (χ3v) is 4.16. The highest BCUT2D eigenvalue weighted by Gasteiger charge is 2.17. The van der Waals surface area contributed by atoms with Gasteiger partial charge in [-0.15, -0.1) is 0 Å². The molecule has 130 valence electrons. The Morgan fingerprint density at radius 3 is 2.60 bits per heavy atom. The molecule has 0 saturated heterocycles. The minimum atomic E-state index is -0.373. The van der Waals surface area contributed by atoms with Crippen LogP contribution in [0.25, 0.3) is 0 Å². The first-order chi connectivity index (χ1) is 12.0. The highest BCUT2D eigenvalue weighted by molar-refractivity contribution is 6.31. The van der Waals surface area contributed by atoms with Crippen LogP contribution >= 0.6 is 11.6 Å². The lowest BCUT2D eigenvalue weighted by Crippen LogP contribution is -2.39. The maximum absolute atomic E-state index is 13.1. The van der Waals surface area contributed by atoms with Gasteiger partial charge >= 0.3 is 0 Å². The van der Waals surface area contributed by atoms with Gasteiger partial charge < -0.3 is 10.2 Å². The molecule has 1 amide bonds. The fourth-order valence-electron chi connectivity index (χ4n) is 2.45. The van der Waals surface area contributed by atoms with Gasteiger partial charge in [0.25, 0.3) is 0 Å². The summed E-state index contributed by atoms with van der Waals surface area (Å²) >= 11 is 6.17. The molecule has 4 nitrogen and oxygen atoms in total. The fourth-order valence-corrected chi connectivity index (χ4v) is 2.75. The van der Waals surface area contributed by atoms with Crippen molar-refractivity contribution in [1.29, 1.82) is 5.26 Å². The smallest absolute Gasteiger partial charge is 0.240 e. The number of anilines is 1. The van der Waals surface area contributed by atoms with Crippen LogP contribution < -0.4 is 10.2 Å². The van der Waals surface area contributed by atoms with Crippen LogP contribution in [0, 0.1) is 17.1 Å². The van der Waals surface area contributed by atoms with Gasteiger partial charge in [0, 0.05) is 23.3 Å². The average molecular weight is 360 g/mol.